The van der Waals surface area contributed by atoms with Gasteiger partial charge in [-0.1, -0.05) is 42.5 Å². The Balaban J connectivity index is 1.68. The molecular weight excluding hydrogens is 471 g/mol. The average Bonchev–Trinajstić information content (AvgIpc) is 2.86. The van der Waals surface area contributed by atoms with Gasteiger partial charge >= 0.3 is 5.97 Å². The van der Waals surface area contributed by atoms with Crippen molar-refractivity contribution in [2.24, 2.45) is 0 Å². The van der Waals surface area contributed by atoms with Crippen LogP contribution >= 0.6 is 0 Å². The van der Waals surface area contributed by atoms with Gasteiger partial charge in [-0.2, -0.15) is 0 Å². The molecule has 3 aromatic rings. The molecule has 0 aliphatic rings. The predicted octanol–water partition coefficient (Wildman–Crippen LogP) is 4.24. The minimum atomic E-state index is -4.00. The van der Waals surface area contributed by atoms with E-state index in [9.17, 15) is 22.4 Å². The van der Waals surface area contributed by atoms with Crippen molar-refractivity contribution in [2.75, 3.05) is 17.5 Å². The smallest absolute Gasteiger partial charge is 0.338 e. The number of hydrogen-bond donors (Lipinski definition) is 1. The molecule has 1 amide bonds. The van der Waals surface area contributed by atoms with Crippen LogP contribution in [0.1, 0.15) is 28.9 Å². The Morgan fingerprint density at radius 3 is 2.40 bits per heavy atom. The quantitative estimate of drug-likeness (QED) is 0.335. The molecule has 182 valence electrons. The zero-order valence-electron chi connectivity index (χ0n) is 19.1. The maximum absolute atomic E-state index is 13.3. The summed E-state index contributed by atoms with van der Waals surface area (Å²) in [7, 11) is -4.00. The third-order valence-corrected chi connectivity index (χ3v) is 6.87. The van der Waals surface area contributed by atoms with Crippen LogP contribution in [0.3, 0.4) is 0 Å². The molecule has 0 aliphatic heterocycles. The van der Waals surface area contributed by atoms with Gasteiger partial charge in [0.25, 0.3) is 15.9 Å². The van der Waals surface area contributed by atoms with E-state index in [-0.39, 0.29) is 22.8 Å². The number of halogens is 1. The van der Waals surface area contributed by atoms with Crippen molar-refractivity contribution in [1.29, 1.82) is 0 Å². The highest BCUT2D eigenvalue weighted by atomic mass is 32.2. The number of nitrogens with zero attached hydrogens (tertiary/aromatic N) is 1. The number of carbonyl (C=O) groups is 2. The summed E-state index contributed by atoms with van der Waals surface area (Å²) in [6, 6.07) is 19.2. The number of carbonyl (C=O) groups excluding carboxylic acids is 2. The van der Waals surface area contributed by atoms with Crippen LogP contribution in [0.4, 0.5) is 10.1 Å². The molecule has 0 heterocycles. The van der Waals surface area contributed by atoms with E-state index in [0.717, 1.165) is 0 Å². The van der Waals surface area contributed by atoms with Gasteiger partial charge in [0.05, 0.1) is 28.7 Å². The van der Waals surface area contributed by atoms with Gasteiger partial charge in [-0.15, -0.1) is 6.58 Å². The number of anilines is 1. The number of nitrogens with one attached hydrogen (secondary N) is 1. The van der Waals surface area contributed by atoms with Crippen LogP contribution in [-0.4, -0.2) is 33.4 Å². The van der Waals surface area contributed by atoms with Crippen LogP contribution in [0.15, 0.2) is 96.4 Å². The topological polar surface area (TPSA) is 92.8 Å². The van der Waals surface area contributed by atoms with Crippen molar-refractivity contribution in [1.82, 2.24) is 5.32 Å². The standard InChI is InChI=1S/C26H25FN2O5S/c1-3-16-29(23-9-5-4-6-10-23)35(32,33)24-11-7-8-21(17-24)26(31)34-18-25(30)28-19(2)20-12-14-22(27)15-13-20/h3-15,17,19H,1,16,18H2,2H3,(H,28,30)/t19-/m0/s1. The molecule has 0 saturated carbocycles. The molecule has 35 heavy (non-hydrogen) atoms. The molecule has 0 saturated heterocycles. The highest BCUT2D eigenvalue weighted by Gasteiger charge is 2.25. The molecule has 0 aliphatic carbocycles. The van der Waals surface area contributed by atoms with Crippen molar-refractivity contribution < 1.29 is 27.1 Å². The largest absolute Gasteiger partial charge is 0.452 e. The molecule has 0 unspecified atom stereocenters. The first kappa shape index (κ1) is 25.6. The van der Waals surface area contributed by atoms with E-state index in [1.54, 1.807) is 49.4 Å². The van der Waals surface area contributed by atoms with Crippen LogP contribution in [0.2, 0.25) is 0 Å². The molecule has 1 N–H and O–H groups in total. The van der Waals surface area contributed by atoms with Gasteiger partial charge < -0.3 is 10.1 Å². The van der Waals surface area contributed by atoms with Crippen LogP contribution in [0.25, 0.3) is 0 Å². The molecule has 1 atom stereocenters. The Labute approximate surface area is 203 Å². The second-order valence-electron chi connectivity index (χ2n) is 7.61. The Kier molecular flexibility index (Phi) is 8.38. The normalized spacial score (nSPS) is 11.8. The number of amides is 1. The fraction of sp³-hybridized carbons (Fsp3) is 0.154. The van der Waals surface area contributed by atoms with Crippen LogP contribution in [-0.2, 0) is 19.6 Å². The number of rotatable bonds is 10. The third-order valence-electron chi connectivity index (χ3n) is 5.08. The minimum Gasteiger partial charge on any atom is -0.452 e. The van der Waals surface area contributed by atoms with Gasteiger partial charge in [-0.3, -0.25) is 9.10 Å². The maximum atomic E-state index is 13.3. The second-order valence-corrected chi connectivity index (χ2v) is 9.47. The van der Waals surface area contributed by atoms with E-state index in [1.165, 1.54) is 46.8 Å². The van der Waals surface area contributed by atoms with E-state index in [0.29, 0.717) is 11.3 Å². The monoisotopic (exact) mass is 496 g/mol. The molecular formula is C26H25FN2O5S. The van der Waals surface area contributed by atoms with Gasteiger partial charge in [0.2, 0.25) is 0 Å². The lowest BCUT2D eigenvalue weighted by molar-refractivity contribution is -0.124. The lowest BCUT2D eigenvalue weighted by Gasteiger charge is -2.23. The lowest BCUT2D eigenvalue weighted by atomic mass is 10.1. The zero-order valence-corrected chi connectivity index (χ0v) is 19.9. The summed E-state index contributed by atoms with van der Waals surface area (Å²) in [6.45, 7) is 4.81. The van der Waals surface area contributed by atoms with E-state index in [1.807, 2.05) is 0 Å². The van der Waals surface area contributed by atoms with Gasteiger partial charge in [0.1, 0.15) is 5.82 Å². The number of para-hydroxylation sites is 1. The summed E-state index contributed by atoms with van der Waals surface area (Å²) < 4.78 is 45.9. The second kappa shape index (κ2) is 11.4. The fourth-order valence-corrected chi connectivity index (χ4v) is 4.78. The summed E-state index contributed by atoms with van der Waals surface area (Å²) in [6.07, 6.45) is 1.47. The molecule has 0 aromatic heterocycles. The Morgan fingerprint density at radius 2 is 1.74 bits per heavy atom. The number of hydrogen-bond acceptors (Lipinski definition) is 5. The highest BCUT2D eigenvalue weighted by Crippen LogP contribution is 2.24. The molecule has 0 spiro atoms. The van der Waals surface area contributed by atoms with Crippen molar-refractivity contribution in [3.63, 3.8) is 0 Å². The maximum Gasteiger partial charge on any atom is 0.338 e. The van der Waals surface area contributed by atoms with Crippen LogP contribution < -0.4 is 9.62 Å². The molecule has 0 fully saturated rings. The van der Waals surface area contributed by atoms with Crippen LogP contribution in [0, 0.1) is 5.82 Å². The summed E-state index contributed by atoms with van der Waals surface area (Å²) in [4.78, 5) is 24.6. The molecule has 7 nitrogen and oxygen atoms in total. The fourth-order valence-electron chi connectivity index (χ4n) is 3.30. The Morgan fingerprint density at radius 1 is 1.06 bits per heavy atom. The average molecular weight is 497 g/mol. The molecule has 3 aromatic carbocycles. The summed E-state index contributed by atoms with van der Waals surface area (Å²) in [5.74, 6) is -1.79. The van der Waals surface area contributed by atoms with Crippen molar-refractivity contribution in [3.05, 3.63) is 108 Å². The highest BCUT2D eigenvalue weighted by molar-refractivity contribution is 7.92. The first-order chi connectivity index (χ1) is 16.7. The SMILES string of the molecule is C=CCN(c1ccccc1)S(=O)(=O)c1cccc(C(=O)OCC(=O)N[C@@H](C)c2ccc(F)cc2)c1. The molecule has 3 rings (SSSR count). The number of sulfonamides is 1. The first-order valence-corrected chi connectivity index (χ1v) is 12.2. The van der Waals surface area contributed by atoms with E-state index in [4.69, 9.17) is 4.74 Å². The Bertz CT molecular complexity index is 1290. The minimum absolute atomic E-state index is 0.0166. The summed E-state index contributed by atoms with van der Waals surface area (Å²) >= 11 is 0. The summed E-state index contributed by atoms with van der Waals surface area (Å²) in [5, 5.41) is 2.65. The Hall–Kier alpha value is -3.98. The van der Waals surface area contributed by atoms with E-state index in [2.05, 4.69) is 11.9 Å². The zero-order chi connectivity index (χ0) is 25.4. The molecule has 0 bridgehead atoms. The lowest BCUT2D eigenvalue weighted by Crippen LogP contribution is -2.32. The summed E-state index contributed by atoms with van der Waals surface area (Å²) in [5.41, 5.74) is 1.12. The molecule has 0 radical (unpaired) electrons. The number of ether oxygens (including phenoxy) is 1. The van der Waals surface area contributed by atoms with Gasteiger partial charge in [0, 0.05) is 0 Å². The van der Waals surface area contributed by atoms with Crippen molar-refractivity contribution in [3.8, 4) is 0 Å². The number of esters is 1. The van der Waals surface area contributed by atoms with Crippen molar-refractivity contribution >= 4 is 27.6 Å². The van der Waals surface area contributed by atoms with E-state index < -0.39 is 34.5 Å². The van der Waals surface area contributed by atoms with Gasteiger partial charge in [-0.25, -0.2) is 17.6 Å². The van der Waals surface area contributed by atoms with Gasteiger partial charge in [-0.05, 0) is 55.0 Å². The van der Waals surface area contributed by atoms with E-state index >= 15 is 0 Å². The molecule has 9 heteroatoms. The first-order valence-electron chi connectivity index (χ1n) is 10.7. The number of benzene rings is 3. The van der Waals surface area contributed by atoms with Crippen molar-refractivity contribution in [2.45, 2.75) is 17.9 Å². The van der Waals surface area contributed by atoms with Gasteiger partial charge in [0.15, 0.2) is 6.61 Å². The third kappa shape index (κ3) is 6.54. The predicted molar refractivity (Wildman–Crippen MR) is 131 cm³/mol. The van der Waals surface area contributed by atoms with Crippen LogP contribution in [0.5, 0.6) is 0 Å².